The van der Waals surface area contributed by atoms with Crippen molar-refractivity contribution in [1.82, 2.24) is 4.37 Å². The average Bonchev–Trinajstić information content (AvgIpc) is 2.79. The van der Waals surface area contributed by atoms with Crippen LogP contribution in [0.4, 0.5) is 4.39 Å². The molecule has 0 aliphatic rings. The molecule has 3 rings (SSSR count). The van der Waals surface area contributed by atoms with E-state index in [1.165, 1.54) is 17.6 Å². The van der Waals surface area contributed by atoms with E-state index in [0.29, 0.717) is 11.3 Å². The van der Waals surface area contributed by atoms with Gasteiger partial charge in [-0.05, 0) is 51.7 Å². The summed E-state index contributed by atoms with van der Waals surface area (Å²) in [5, 5.41) is 0.922. The molecule has 0 atom stereocenters. The molecule has 0 spiro atoms. The van der Waals surface area contributed by atoms with E-state index in [-0.39, 0.29) is 5.82 Å². The first-order chi connectivity index (χ1) is 8.68. The Bertz CT molecular complexity index is 739. The molecule has 0 saturated carbocycles. The molecule has 0 bridgehead atoms. The predicted molar refractivity (Wildman–Crippen MR) is 78.6 cm³/mol. The molecule has 0 fully saturated rings. The van der Waals surface area contributed by atoms with Gasteiger partial charge in [0.15, 0.2) is 0 Å². The van der Waals surface area contributed by atoms with E-state index in [9.17, 15) is 4.39 Å². The second kappa shape index (κ2) is 4.57. The number of benzene rings is 2. The van der Waals surface area contributed by atoms with Crippen molar-refractivity contribution in [3.63, 3.8) is 0 Å². The van der Waals surface area contributed by atoms with Gasteiger partial charge in [0, 0.05) is 10.9 Å². The summed E-state index contributed by atoms with van der Waals surface area (Å²) in [4.78, 5) is 0.742. The fourth-order valence-electron chi connectivity index (χ4n) is 1.80. The van der Waals surface area contributed by atoms with Crippen LogP contribution in [-0.4, -0.2) is 4.37 Å². The Balaban J connectivity index is 2.32. The molecule has 89 valence electrons. The van der Waals surface area contributed by atoms with Crippen LogP contribution in [0, 0.1) is 5.82 Å². The second-order valence-electron chi connectivity index (χ2n) is 3.77. The minimum absolute atomic E-state index is 0.261. The van der Waals surface area contributed by atoms with Gasteiger partial charge in [-0.2, -0.15) is 4.37 Å². The third kappa shape index (κ3) is 1.83. The first-order valence-corrected chi connectivity index (χ1v) is 7.16. The minimum atomic E-state index is -0.261. The van der Waals surface area contributed by atoms with Crippen molar-refractivity contribution in [3.05, 3.63) is 46.7 Å². The molecule has 18 heavy (non-hydrogen) atoms. The van der Waals surface area contributed by atoms with Crippen molar-refractivity contribution in [2.75, 3.05) is 0 Å². The summed E-state index contributed by atoms with van der Waals surface area (Å²) in [5.41, 5.74) is 1.19. The van der Waals surface area contributed by atoms with Gasteiger partial charge in [0.2, 0.25) is 0 Å². The highest BCUT2D eigenvalue weighted by molar-refractivity contribution is 9.10. The molecule has 0 aliphatic heterocycles. The standard InChI is InChI=1S/C13H6BrFNS2/c14-11-10(17)6-5-8-12(16-18-13(8)11)7-3-1-2-4-9(7)15/h1-6H. The molecule has 1 aromatic heterocycles. The summed E-state index contributed by atoms with van der Waals surface area (Å²) in [5.74, 6) is -0.261. The van der Waals surface area contributed by atoms with Crippen LogP contribution in [0.25, 0.3) is 21.3 Å². The van der Waals surface area contributed by atoms with Crippen LogP contribution in [0.5, 0.6) is 0 Å². The number of hydrogen-bond acceptors (Lipinski definition) is 2. The molecule has 0 N–H and O–H groups in total. The molecule has 3 aromatic rings. The number of nitrogens with zero attached hydrogens (tertiary/aromatic N) is 1. The van der Waals surface area contributed by atoms with Crippen molar-refractivity contribution < 1.29 is 4.39 Å². The monoisotopic (exact) mass is 338 g/mol. The molecule has 2 aromatic carbocycles. The van der Waals surface area contributed by atoms with Crippen molar-refractivity contribution in [1.29, 1.82) is 0 Å². The van der Waals surface area contributed by atoms with Crippen LogP contribution in [0.1, 0.15) is 0 Å². The lowest BCUT2D eigenvalue weighted by molar-refractivity contribution is 0.631. The Labute approximate surface area is 121 Å². The summed E-state index contributed by atoms with van der Waals surface area (Å²) in [6, 6.07) is 10.4. The molecule has 1 radical (unpaired) electrons. The zero-order valence-corrected chi connectivity index (χ0v) is 12.2. The van der Waals surface area contributed by atoms with Crippen molar-refractivity contribution in [2.45, 2.75) is 4.90 Å². The van der Waals surface area contributed by atoms with Crippen LogP contribution < -0.4 is 0 Å². The maximum atomic E-state index is 13.8. The lowest BCUT2D eigenvalue weighted by Gasteiger charge is -2.01. The third-order valence-corrected chi connectivity index (χ3v) is 5.24. The number of aromatic nitrogens is 1. The Hall–Kier alpha value is -1.04. The molecule has 1 nitrogen and oxygen atoms in total. The molecule has 1 heterocycles. The SMILES string of the molecule is Fc1ccccc1-c1nsc2c(Br)c([S])ccc12. The minimum Gasteiger partial charge on any atom is -0.206 e. The zero-order chi connectivity index (χ0) is 12.7. The number of fused-ring (bicyclic) bond motifs is 1. The maximum absolute atomic E-state index is 13.8. The fraction of sp³-hybridized carbons (Fsp3) is 0. The van der Waals surface area contributed by atoms with Gasteiger partial charge in [0.1, 0.15) is 5.82 Å². The normalized spacial score (nSPS) is 11.0. The summed E-state index contributed by atoms with van der Waals surface area (Å²) in [6.45, 7) is 0. The van der Waals surface area contributed by atoms with Crippen LogP contribution in [-0.2, 0) is 0 Å². The van der Waals surface area contributed by atoms with Crippen LogP contribution in [0.3, 0.4) is 0 Å². The first kappa shape index (κ1) is 12.0. The molecule has 5 heteroatoms. The van der Waals surface area contributed by atoms with Crippen LogP contribution in [0.15, 0.2) is 45.8 Å². The Morgan fingerprint density at radius 3 is 2.72 bits per heavy atom. The Kier molecular flexibility index (Phi) is 3.05. The predicted octanol–water partition coefficient (Wildman–Crippen LogP) is 5.42. The number of halogens is 2. The largest absolute Gasteiger partial charge is 0.206 e. The van der Waals surface area contributed by atoms with Crippen molar-refractivity contribution >= 4 is 50.2 Å². The van der Waals surface area contributed by atoms with Gasteiger partial charge in [-0.25, -0.2) is 4.39 Å². The lowest BCUT2D eigenvalue weighted by Crippen LogP contribution is -1.83. The van der Waals surface area contributed by atoms with Gasteiger partial charge in [-0.15, -0.1) is 0 Å². The Morgan fingerprint density at radius 2 is 1.94 bits per heavy atom. The third-order valence-electron chi connectivity index (χ3n) is 2.67. The van der Waals surface area contributed by atoms with Gasteiger partial charge < -0.3 is 0 Å². The highest BCUT2D eigenvalue weighted by Gasteiger charge is 2.14. The van der Waals surface area contributed by atoms with Crippen molar-refractivity contribution in [3.8, 4) is 11.3 Å². The topological polar surface area (TPSA) is 12.9 Å². The van der Waals surface area contributed by atoms with E-state index < -0.39 is 0 Å². The highest BCUT2D eigenvalue weighted by Crippen LogP contribution is 2.38. The van der Waals surface area contributed by atoms with Gasteiger partial charge in [-0.1, -0.05) is 24.8 Å². The summed E-state index contributed by atoms with van der Waals surface area (Å²) in [6.07, 6.45) is 0. The van der Waals surface area contributed by atoms with E-state index in [4.69, 9.17) is 12.6 Å². The number of rotatable bonds is 1. The van der Waals surface area contributed by atoms with Crippen LogP contribution in [0.2, 0.25) is 0 Å². The average molecular weight is 339 g/mol. The van der Waals surface area contributed by atoms with Gasteiger partial charge in [0.05, 0.1) is 19.8 Å². The van der Waals surface area contributed by atoms with E-state index in [2.05, 4.69) is 20.3 Å². The van der Waals surface area contributed by atoms with Gasteiger partial charge in [-0.3, -0.25) is 0 Å². The maximum Gasteiger partial charge on any atom is 0.132 e. The first-order valence-electron chi connectivity index (χ1n) is 5.18. The molecular formula is C13H6BrFNS2. The van der Waals surface area contributed by atoms with Crippen molar-refractivity contribution in [2.24, 2.45) is 0 Å². The van der Waals surface area contributed by atoms with E-state index in [1.807, 2.05) is 12.1 Å². The molecule has 0 unspecified atom stereocenters. The molecular weight excluding hydrogens is 333 g/mol. The zero-order valence-electron chi connectivity index (χ0n) is 8.98. The smallest absolute Gasteiger partial charge is 0.132 e. The summed E-state index contributed by atoms with van der Waals surface area (Å²) in [7, 11) is 0. The Morgan fingerprint density at radius 1 is 1.17 bits per heavy atom. The van der Waals surface area contributed by atoms with Gasteiger partial charge >= 0.3 is 0 Å². The molecule has 0 saturated heterocycles. The summed E-state index contributed by atoms with van der Waals surface area (Å²) >= 11 is 9.98. The van der Waals surface area contributed by atoms with E-state index >= 15 is 0 Å². The molecule has 0 amide bonds. The quantitative estimate of drug-likeness (QED) is 0.577. The summed E-state index contributed by atoms with van der Waals surface area (Å²) < 4.78 is 20.0. The lowest BCUT2D eigenvalue weighted by atomic mass is 10.1. The second-order valence-corrected chi connectivity index (χ2v) is 5.77. The van der Waals surface area contributed by atoms with E-state index in [0.717, 1.165) is 19.5 Å². The van der Waals surface area contributed by atoms with Gasteiger partial charge in [0.25, 0.3) is 0 Å². The van der Waals surface area contributed by atoms with E-state index in [1.54, 1.807) is 18.2 Å². The fourth-order valence-corrected chi connectivity index (χ4v) is 3.43. The van der Waals surface area contributed by atoms with Crippen LogP contribution >= 0.6 is 40.1 Å². The highest BCUT2D eigenvalue weighted by atomic mass is 79.9. The molecule has 0 aliphatic carbocycles. The number of hydrogen-bond donors (Lipinski definition) is 0.